The first kappa shape index (κ1) is 14.7. The van der Waals surface area contributed by atoms with E-state index in [4.69, 9.17) is 18.0 Å². The van der Waals surface area contributed by atoms with Gasteiger partial charge in [-0.3, -0.25) is 4.90 Å². The van der Waals surface area contributed by atoms with Crippen molar-refractivity contribution in [3.8, 4) is 0 Å². The van der Waals surface area contributed by atoms with E-state index in [-0.39, 0.29) is 12.1 Å². The summed E-state index contributed by atoms with van der Waals surface area (Å²) in [5, 5.41) is 2.83. The van der Waals surface area contributed by atoms with Crippen LogP contribution in [0.25, 0.3) is 0 Å². The number of hydrogen-bond donors (Lipinski definition) is 2. The molecule has 1 saturated heterocycles. The minimum absolute atomic E-state index is 0.165. The van der Waals surface area contributed by atoms with E-state index < -0.39 is 0 Å². The van der Waals surface area contributed by atoms with Crippen molar-refractivity contribution in [3.63, 3.8) is 0 Å². The van der Waals surface area contributed by atoms with Crippen LogP contribution >= 0.6 is 12.2 Å². The number of nitrogens with zero attached hydrogens (tertiary/aromatic N) is 1. The Kier molecular flexibility index (Phi) is 4.92. The molecule has 108 valence electrons. The smallest absolute Gasteiger partial charge is 0.407 e. The molecule has 1 aromatic carbocycles. The first-order valence-corrected chi connectivity index (χ1v) is 6.95. The Bertz CT molecular complexity index is 490. The molecule has 0 aliphatic carbocycles. The van der Waals surface area contributed by atoms with Gasteiger partial charge in [0.2, 0.25) is 0 Å². The zero-order valence-electron chi connectivity index (χ0n) is 11.5. The van der Waals surface area contributed by atoms with Gasteiger partial charge < -0.3 is 15.8 Å². The third kappa shape index (κ3) is 3.91. The van der Waals surface area contributed by atoms with Crippen LogP contribution in [0.1, 0.15) is 17.5 Å². The Morgan fingerprint density at radius 3 is 2.80 bits per heavy atom. The van der Waals surface area contributed by atoms with Crippen molar-refractivity contribution < 1.29 is 9.53 Å². The number of rotatable bonds is 4. The number of ether oxygens (including phenoxy) is 1. The number of hydrogen-bond acceptors (Lipinski definition) is 4. The minimum atomic E-state index is -0.363. The van der Waals surface area contributed by atoms with Gasteiger partial charge in [-0.15, -0.1) is 0 Å². The van der Waals surface area contributed by atoms with E-state index in [1.807, 2.05) is 24.3 Å². The van der Waals surface area contributed by atoms with Gasteiger partial charge in [-0.25, -0.2) is 4.79 Å². The number of carbonyl (C=O) groups excluding carboxylic acids is 1. The normalized spacial score (nSPS) is 18.8. The van der Waals surface area contributed by atoms with Crippen molar-refractivity contribution in [2.75, 3.05) is 20.2 Å². The van der Waals surface area contributed by atoms with E-state index >= 15 is 0 Å². The lowest BCUT2D eigenvalue weighted by Gasteiger charge is -2.16. The number of thiocarbonyl (C=S) groups is 1. The van der Waals surface area contributed by atoms with Crippen molar-refractivity contribution in [1.29, 1.82) is 0 Å². The van der Waals surface area contributed by atoms with Gasteiger partial charge in [-0.1, -0.05) is 36.5 Å². The van der Waals surface area contributed by atoms with Gasteiger partial charge >= 0.3 is 6.09 Å². The van der Waals surface area contributed by atoms with Crippen LogP contribution in [-0.4, -0.2) is 42.2 Å². The van der Waals surface area contributed by atoms with Crippen molar-refractivity contribution >= 4 is 23.3 Å². The van der Waals surface area contributed by atoms with Gasteiger partial charge in [0.25, 0.3) is 0 Å². The average Bonchev–Trinajstić information content (AvgIpc) is 2.86. The van der Waals surface area contributed by atoms with Gasteiger partial charge in [0, 0.05) is 31.2 Å². The Morgan fingerprint density at radius 1 is 1.50 bits per heavy atom. The van der Waals surface area contributed by atoms with Crippen LogP contribution in [0.2, 0.25) is 0 Å². The molecule has 1 amide bonds. The van der Waals surface area contributed by atoms with Crippen LogP contribution < -0.4 is 11.1 Å². The molecule has 20 heavy (non-hydrogen) atoms. The second-order valence-electron chi connectivity index (χ2n) is 4.92. The maximum absolute atomic E-state index is 11.2. The zero-order valence-corrected chi connectivity index (χ0v) is 12.3. The van der Waals surface area contributed by atoms with E-state index in [1.165, 1.54) is 12.7 Å². The van der Waals surface area contributed by atoms with E-state index in [9.17, 15) is 4.79 Å². The molecule has 2 rings (SSSR count). The third-order valence-electron chi connectivity index (χ3n) is 3.42. The highest BCUT2D eigenvalue weighted by Gasteiger charge is 2.23. The molecule has 1 aliphatic heterocycles. The van der Waals surface area contributed by atoms with E-state index in [2.05, 4.69) is 15.0 Å². The minimum Gasteiger partial charge on any atom is -0.453 e. The lowest BCUT2D eigenvalue weighted by atomic mass is 10.1. The fraction of sp³-hybridized carbons (Fsp3) is 0.429. The number of nitrogens with two attached hydrogens (primary N) is 1. The molecule has 0 saturated carbocycles. The highest BCUT2D eigenvalue weighted by Crippen LogP contribution is 2.14. The maximum atomic E-state index is 11.2. The van der Waals surface area contributed by atoms with Crippen molar-refractivity contribution in [3.05, 3.63) is 35.4 Å². The monoisotopic (exact) mass is 293 g/mol. The number of methoxy groups -OCH3 is 1. The number of likely N-dealkylation sites (tertiary alicyclic amines) is 1. The largest absolute Gasteiger partial charge is 0.453 e. The molecule has 1 unspecified atom stereocenters. The summed E-state index contributed by atoms with van der Waals surface area (Å²) in [5.74, 6) is 0. The molecule has 1 aliphatic rings. The number of benzene rings is 1. The summed E-state index contributed by atoms with van der Waals surface area (Å²) in [4.78, 5) is 13.9. The molecule has 5 nitrogen and oxygen atoms in total. The summed E-state index contributed by atoms with van der Waals surface area (Å²) in [7, 11) is 1.38. The van der Waals surface area contributed by atoms with Gasteiger partial charge in [0.15, 0.2) is 0 Å². The average molecular weight is 293 g/mol. The topological polar surface area (TPSA) is 67.6 Å². The standard InChI is InChI=1S/C14H19N3O2S/c1-19-14(18)16-12-6-7-17(9-12)8-10-2-4-11(5-3-10)13(15)20/h2-5,12H,6-9H2,1H3,(H2,15,20)(H,16,18). The lowest BCUT2D eigenvalue weighted by molar-refractivity contribution is 0.166. The van der Waals surface area contributed by atoms with Gasteiger partial charge in [0.1, 0.15) is 4.99 Å². The Morgan fingerprint density at radius 2 is 2.20 bits per heavy atom. The van der Waals surface area contributed by atoms with Crippen LogP contribution in [-0.2, 0) is 11.3 Å². The fourth-order valence-corrected chi connectivity index (χ4v) is 2.49. The molecular formula is C14H19N3O2S. The molecule has 1 heterocycles. The first-order valence-electron chi connectivity index (χ1n) is 6.54. The summed E-state index contributed by atoms with van der Waals surface area (Å²) in [5.41, 5.74) is 7.67. The summed E-state index contributed by atoms with van der Waals surface area (Å²) in [6.07, 6.45) is 0.581. The Labute approximate surface area is 124 Å². The molecule has 0 bridgehead atoms. The first-order chi connectivity index (χ1) is 9.58. The molecule has 1 fully saturated rings. The molecule has 0 spiro atoms. The maximum Gasteiger partial charge on any atom is 0.407 e. The van der Waals surface area contributed by atoms with E-state index in [1.54, 1.807) is 0 Å². The number of carbonyl (C=O) groups is 1. The number of alkyl carbamates (subject to hydrolysis) is 1. The zero-order chi connectivity index (χ0) is 14.5. The van der Waals surface area contributed by atoms with Gasteiger partial charge in [-0.2, -0.15) is 0 Å². The molecule has 1 atom stereocenters. The molecule has 3 N–H and O–H groups in total. The summed E-state index contributed by atoms with van der Waals surface area (Å²) >= 11 is 4.93. The second-order valence-corrected chi connectivity index (χ2v) is 5.36. The molecule has 1 aromatic rings. The Balaban J connectivity index is 1.85. The summed E-state index contributed by atoms with van der Waals surface area (Å²) in [6.45, 7) is 2.66. The number of amides is 1. The van der Waals surface area contributed by atoms with Gasteiger partial charge in [-0.05, 0) is 12.0 Å². The van der Waals surface area contributed by atoms with Crippen molar-refractivity contribution in [2.24, 2.45) is 5.73 Å². The van der Waals surface area contributed by atoms with Crippen LogP contribution in [0.15, 0.2) is 24.3 Å². The third-order valence-corrected chi connectivity index (χ3v) is 3.66. The van der Waals surface area contributed by atoms with Crippen LogP contribution in [0.3, 0.4) is 0 Å². The SMILES string of the molecule is COC(=O)NC1CCN(Cc2ccc(C(N)=S)cc2)C1. The van der Waals surface area contributed by atoms with Crippen molar-refractivity contribution in [1.82, 2.24) is 10.2 Å². The van der Waals surface area contributed by atoms with Crippen molar-refractivity contribution in [2.45, 2.75) is 19.0 Å². The summed E-state index contributed by atoms with van der Waals surface area (Å²) < 4.78 is 4.61. The number of nitrogens with one attached hydrogen (secondary N) is 1. The van der Waals surface area contributed by atoms with E-state index in [0.717, 1.165) is 31.6 Å². The lowest BCUT2D eigenvalue weighted by Crippen LogP contribution is -2.36. The molecule has 0 aromatic heterocycles. The van der Waals surface area contributed by atoms with Crippen LogP contribution in [0, 0.1) is 0 Å². The molecule has 0 radical (unpaired) electrons. The highest BCUT2D eigenvalue weighted by atomic mass is 32.1. The second kappa shape index (κ2) is 6.67. The van der Waals surface area contributed by atoms with Crippen LogP contribution in [0.4, 0.5) is 4.79 Å². The quantitative estimate of drug-likeness (QED) is 0.818. The Hall–Kier alpha value is -1.66. The van der Waals surface area contributed by atoms with Gasteiger partial charge in [0.05, 0.1) is 7.11 Å². The predicted octanol–water partition coefficient (Wildman–Crippen LogP) is 1.25. The molecular weight excluding hydrogens is 274 g/mol. The highest BCUT2D eigenvalue weighted by molar-refractivity contribution is 7.80. The van der Waals surface area contributed by atoms with E-state index in [0.29, 0.717) is 4.99 Å². The van der Waals surface area contributed by atoms with Crippen LogP contribution in [0.5, 0.6) is 0 Å². The molecule has 6 heteroatoms. The fourth-order valence-electron chi connectivity index (χ4n) is 2.35. The predicted molar refractivity (Wildman–Crippen MR) is 81.6 cm³/mol. The summed E-state index contributed by atoms with van der Waals surface area (Å²) in [6, 6.07) is 8.12.